The molecule has 0 spiro atoms. The summed E-state index contributed by atoms with van der Waals surface area (Å²) in [4.78, 5) is 39.5. The first kappa shape index (κ1) is 17.2. The number of hydrogen-bond donors (Lipinski definition) is 2. The highest BCUT2D eigenvalue weighted by molar-refractivity contribution is 5.94. The molecule has 1 aromatic carbocycles. The first-order valence-electron chi connectivity index (χ1n) is 9.11. The van der Waals surface area contributed by atoms with Crippen molar-refractivity contribution in [2.24, 2.45) is 0 Å². The predicted molar refractivity (Wildman–Crippen MR) is 102 cm³/mol. The molecule has 0 bridgehead atoms. The van der Waals surface area contributed by atoms with Gasteiger partial charge in [0.2, 0.25) is 0 Å². The number of carbonyl (C=O) groups is 1. The number of rotatable bonds is 4. The molecule has 1 fully saturated rings. The molecular formula is C20H20N4O3. The van der Waals surface area contributed by atoms with Gasteiger partial charge in [0.1, 0.15) is 5.56 Å². The number of H-pyrrole nitrogens is 1. The normalized spacial score (nSPS) is 14.5. The molecule has 1 aliphatic carbocycles. The first-order valence-corrected chi connectivity index (χ1v) is 9.11. The summed E-state index contributed by atoms with van der Waals surface area (Å²) >= 11 is 0. The largest absolute Gasteiger partial charge is 0.346 e. The van der Waals surface area contributed by atoms with Crippen LogP contribution in [0.5, 0.6) is 0 Å². The monoisotopic (exact) mass is 364 g/mol. The number of nitrogens with zero attached hydrogens (tertiary/aromatic N) is 2. The maximum Gasteiger partial charge on any atom is 0.274 e. The lowest BCUT2D eigenvalue weighted by molar-refractivity contribution is 0.0949. The van der Waals surface area contributed by atoms with Gasteiger partial charge in [0.15, 0.2) is 0 Å². The van der Waals surface area contributed by atoms with E-state index in [1.807, 2.05) is 18.2 Å². The fraction of sp³-hybridized carbons (Fsp3) is 0.300. The van der Waals surface area contributed by atoms with E-state index in [0.29, 0.717) is 11.1 Å². The van der Waals surface area contributed by atoms with Gasteiger partial charge in [-0.25, -0.2) is 4.68 Å². The maximum atomic E-state index is 12.8. The second kappa shape index (κ2) is 7.19. The Bertz CT molecular complexity index is 1110. The third-order valence-electron chi connectivity index (χ3n) is 5.05. The summed E-state index contributed by atoms with van der Waals surface area (Å²) in [6, 6.07) is 10.5. The summed E-state index contributed by atoms with van der Waals surface area (Å²) in [5.41, 5.74) is 0.138. The number of aromatic nitrogens is 3. The van der Waals surface area contributed by atoms with Crippen LogP contribution in [0.1, 0.15) is 47.8 Å². The molecule has 7 nitrogen and oxygen atoms in total. The summed E-state index contributed by atoms with van der Waals surface area (Å²) in [5.74, 6) is -0.471. The fourth-order valence-electron chi connectivity index (χ4n) is 3.66. The second-order valence-electron chi connectivity index (χ2n) is 6.78. The average Bonchev–Trinajstić information content (AvgIpc) is 3.22. The minimum absolute atomic E-state index is 0.0471. The fourth-order valence-corrected chi connectivity index (χ4v) is 3.66. The van der Waals surface area contributed by atoms with E-state index >= 15 is 0 Å². The molecule has 2 heterocycles. The lowest BCUT2D eigenvalue weighted by Gasteiger charge is -2.16. The molecule has 4 rings (SSSR count). The quantitative estimate of drug-likeness (QED) is 0.741. The van der Waals surface area contributed by atoms with Gasteiger partial charge in [-0.3, -0.25) is 14.4 Å². The number of pyridine rings is 1. The van der Waals surface area contributed by atoms with E-state index in [9.17, 15) is 14.4 Å². The molecule has 0 saturated heterocycles. The van der Waals surface area contributed by atoms with Crippen LogP contribution in [-0.2, 0) is 6.54 Å². The van der Waals surface area contributed by atoms with Crippen molar-refractivity contribution in [2.75, 3.05) is 0 Å². The van der Waals surface area contributed by atoms with E-state index in [-0.39, 0.29) is 23.7 Å². The highest BCUT2D eigenvalue weighted by Gasteiger charge is 2.21. The van der Waals surface area contributed by atoms with Crippen molar-refractivity contribution in [3.8, 4) is 0 Å². The topological polar surface area (TPSA) is 96.8 Å². The minimum Gasteiger partial charge on any atom is -0.346 e. The molecule has 27 heavy (non-hydrogen) atoms. The van der Waals surface area contributed by atoms with Crippen LogP contribution in [0.3, 0.4) is 0 Å². The van der Waals surface area contributed by atoms with E-state index in [4.69, 9.17) is 0 Å². The Morgan fingerprint density at radius 2 is 1.85 bits per heavy atom. The molecule has 7 heteroatoms. The van der Waals surface area contributed by atoms with Crippen molar-refractivity contribution in [3.63, 3.8) is 0 Å². The molecule has 1 aliphatic rings. The molecule has 0 atom stereocenters. The Labute approximate surface area is 155 Å². The van der Waals surface area contributed by atoms with Crippen molar-refractivity contribution in [1.29, 1.82) is 0 Å². The zero-order chi connectivity index (χ0) is 18.8. The number of fused-ring (bicyclic) bond motifs is 1. The smallest absolute Gasteiger partial charge is 0.274 e. The van der Waals surface area contributed by atoms with Gasteiger partial charge in [-0.05, 0) is 31.0 Å². The molecule has 1 saturated carbocycles. The Kier molecular flexibility index (Phi) is 4.58. The number of aromatic amines is 1. The standard InChI is InChI=1S/C20H20N4O3/c25-18-16(10-5-11-21-18)19(26)22-12-17-14-8-3-4-9-15(14)20(27)24(23-17)13-6-1-2-7-13/h3-5,8-11,13H,1-2,6-7,12H2,(H,21,25)(H,22,26). The van der Waals surface area contributed by atoms with Crippen LogP contribution in [0.2, 0.25) is 0 Å². The lowest BCUT2D eigenvalue weighted by Crippen LogP contribution is -2.32. The summed E-state index contributed by atoms with van der Waals surface area (Å²) in [5, 5.41) is 8.64. The third-order valence-corrected chi connectivity index (χ3v) is 5.05. The zero-order valence-corrected chi connectivity index (χ0v) is 14.8. The van der Waals surface area contributed by atoms with E-state index in [1.165, 1.54) is 12.3 Å². The van der Waals surface area contributed by atoms with Crippen molar-refractivity contribution in [3.05, 3.63) is 74.6 Å². The lowest BCUT2D eigenvalue weighted by atomic mass is 10.1. The maximum absolute atomic E-state index is 12.8. The number of benzene rings is 1. The molecule has 138 valence electrons. The van der Waals surface area contributed by atoms with Gasteiger partial charge in [-0.2, -0.15) is 5.10 Å². The van der Waals surface area contributed by atoms with Crippen molar-refractivity contribution in [1.82, 2.24) is 20.1 Å². The molecule has 0 radical (unpaired) electrons. The van der Waals surface area contributed by atoms with Crippen LogP contribution in [0.15, 0.2) is 52.2 Å². The first-order chi connectivity index (χ1) is 13.1. The van der Waals surface area contributed by atoms with Gasteiger partial charge in [0.25, 0.3) is 17.0 Å². The van der Waals surface area contributed by atoms with Gasteiger partial charge in [0.05, 0.1) is 23.7 Å². The second-order valence-corrected chi connectivity index (χ2v) is 6.78. The molecule has 1 amide bonds. The van der Waals surface area contributed by atoms with Crippen LogP contribution in [0.4, 0.5) is 0 Å². The van der Waals surface area contributed by atoms with Crippen LogP contribution < -0.4 is 16.4 Å². The van der Waals surface area contributed by atoms with E-state index in [1.54, 1.807) is 16.8 Å². The summed E-state index contributed by atoms with van der Waals surface area (Å²) < 4.78 is 1.58. The molecule has 3 aromatic rings. The third kappa shape index (κ3) is 3.28. The number of hydrogen-bond acceptors (Lipinski definition) is 4. The predicted octanol–water partition coefficient (Wildman–Crippen LogP) is 2.13. The molecule has 0 unspecified atom stereocenters. The van der Waals surface area contributed by atoms with Crippen LogP contribution in [-0.4, -0.2) is 20.7 Å². The average molecular weight is 364 g/mol. The van der Waals surface area contributed by atoms with Crippen LogP contribution in [0.25, 0.3) is 10.8 Å². The van der Waals surface area contributed by atoms with Crippen molar-refractivity contribution >= 4 is 16.7 Å². The van der Waals surface area contributed by atoms with E-state index in [0.717, 1.165) is 31.1 Å². The molecular weight excluding hydrogens is 344 g/mol. The van der Waals surface area contributed by atoms with Crippen molar-refractivity contribution < 1.29 is 4.79 Å². The Morgan fingerprint density at radius 1 is 1.11 bits per heavy atom. The number of carbonyl (C=O) groups excluding carboxylic acids is 1. The van der Waals surface area contributed by atoms with Crippen LogP contribution >= 0.6 is 0 Å². The van der Waals surface area contributed by atoms with Crippen LogP contribution in [0, 0.1) is 0 Å². The summed E-state index contributed by atoms with van der Waals surface area (Å²) in [6.07, 6.45) is 5.54. The van der Waals surface area contributed by atoms with E-state index in [2.05, 4.69) is 15.4 Å². The molecule has 2 aromatic heterocycles. The Morgan fingerprint density at radius 3 is 2.59 bits per heavy atom. The minimum atomic E-state index is -0.471. The highest BCUT2D eigenvalue weighted by Crippen LogP contribution is 2.28. The van der Waals surface area contributed by atoms with Gasteiger partial charge in [0, 0.05) is 11.6 Å². The van der Waals surface area contributed by atoms with Gasteiger partial charge >= 0.3 is 0 Å². The Balaban J connectivity index is 1.69. The van der Waals surface area contributed by atoms with Gasteiger partial charge < -0.3 is 10.3 Å². The van der Waals surface area contributed by atoms with E-state index < -0.39 is 11.5 Å². The SMILES string of the molecule is O=C(NCc1nn(C2CCCC2)c(=O)c2ccccc12)c1ccc[nH]c1=O. The molecule has 0 aliphatic heterocycles. The Hall–Kier alpha value is -3.22. The number of nitrogens with one attached hydrogen (secondary N) is 2. The van der Waals surface area contributed by atoms with Gasteiger partial charge in [-0.1, -0.05) is 31.0 Å². The van der Waals surface area contributed by atoms with Crippen molar-refractivity contribution in [2.45, 2.75) is 38.3 Å². The van der Waals surface area contributed by atoms with Gasteiger partial charge in [-0.15, -0.1) is 0 Å². The zero-order valence-electron chi connectivity index (χ0n) is 14.8. The molecule has 2 N–H and O–H groups in total. The summed E-state index contributed by atoms with van der Waals surface area (Å²) in [7, 11) is 0. The summed E-state index contributed by atoms with van der Waals surface area (Å²) in [6.45, 7) is 0.140. The highest BCUT2D eigenvalue weighted by atomic mass is 16.2. The number of amides is 1.